The van der Waals surface area contributed by atoms with Crippen molar-refractivity contribution in [1.82, 2.24) is 15.0 Å². The minimum atomic E-state index is 0.451. The first-order chi connectivity index (χ1) is 5.70. The first-order valence-corrected chi connectivity index (χ1v) is 4.59. The molecule has 0 bridgehead atoms. The number of nitrogen functional groups attached to an aromatic ring is 1. The van der Waals surface area contributed by atoms with Gasteiger partial charge in [-0.25, -0.2) is 9.97 Å². The van der Waals surface area contributed by atoms with Gasteiger partial charge in [0.05, 0.1) is 8.96 Å². The summed E-state index contributed by atoms with van der Waals surface area (Å²) >= 11 is 7.94. The minimum absolute atomic E-state index is 0.451. The van der Waals surface area contributed by atoms with Crippen molar-refractivity contribution in [2.24, 2.45) is 0 Å². The molecule has 6 heteroatoms. The Kier molecular flexibility index (Phi) is 1.84. The van der Waals surface area contributed by atoms with Crippen molar-refractivity contribution in [2.75, 3.05) is 5.73 Å². The van der Waals surface area contributed by atoms with Gasteiger partial charge in [0.15, 0.2) is 0 Å². The molecule has 0 unspecified atom stereocenters. The number of rotatable bonds is 0. The molecule has 0 saturated heterocycles. The smallest absolute Gasteiger partial charge is 0.145 e. The lowest BCUT2D eigenvalue weighted by Crippen LogP contribution is -1.91. The standard InChI is InChI=1S/C6H4ClIN4/c7-4-3(8)2-5(9)10-1-11-6(2)12-4/h1H,(H3,9,10,11,12). The molecule has 0 aliphatic heterocycles. The van der Waals surface area contributed by atoms with Gasteiger partial charge < -0.3 is 10.7 Å². The third-order valence-corrected chi connectivity index (χ3v) is 3.20. The van der Waals surface area contributed by atoms with Crippen molar-refractivity contribution in [2.45, 2.75) is 0 Å². The van der Waals surface area contributed by atoms with Crippen molar-refractivity contribution >= 4 is 51.0 Å². The Bertz CT molecular complexity index is 438. The predicted molar refractivity (Wildman–Crippen MR) is 56.0 cm³/mol. The summed E-state index contributed by atoms with van der Waals surface area (Å²) in [6, 6.07) is 0. The van der Waals surface area contributed by atoms with E-state index in [4.69, 9.17) is 17.3 Å². The van der Waals surface area contributed by atoms with E-state index >= 15 is 0 Å². The Balaban J connectivity index is 2.97. The minimum Gasteiger partial charge on any atom is -0.383 e. The molecule has 2 aromatic rings. The van der Waals surface area contributed by atoms with E-state index in [1.165, 1.54) is 6.33 Å². The van der Waals surface area contributed by atoms with Crippen LogP contribution in [0.4, 0.5) is 5.82 Å². The van der Waals surface area contributed by atoms with Crippen LogP contribution in [0.2, 0.25) is 5.15 Å². The Morgan fingerprint density at radius 2 is 2.25 bits per heavy atom. The molecule has 4 nitrogen and oxygen atoms in total. The molecule has 62 valence electrons. The van der Waals surface area contributed by atoms with E-state index in [0.717, 1.165) is 8.96 Å². The van der Waals surface area contributed by atoms with E-state index in [-0.39, 0.29) is 0 Å². The quantitative estimate of drug-likeness (QED) is 0.728. The van der Waals surface area contributed by atoms with E-state index in [9.17, 15) is 0 Å². The number of aromatic amines is 1. The number of nitrogens with one attached hydrogen (secondary N) is 1. The third kappa shape index (κ3) is 1.04. The summed E-state index contributed by atoms with van der Waals surface area (Å²) in [5, 5.41) is 1.35. The lowest BCUT2D eigenvalue weighted by Gasteiger charge is -1.92. The number of nitrogens with two attached hydrogens (primary N) is 1. The SMILES string of the molecule is Nc1ncnc2[nH]c(Cl)c(I)c12. The molecule has 0 spiro atoms. The van der Waals surface area contributed by atoms with Crippen molar-refractivity contribution in [3.05, 3.63) is 15.1 Å². The molecule has 0 aromatic carbocycles. The van der Waals surface area contributed by atoms with Gasteiger partial charge in [-0.15, -0.1) is 0 Å². The average molecular weight is 294 g/mol. The molecule has 0 saturated carbocycles. The summed E-state index contributed by atoms with van der Waals surface area (Å²) in [5.74, 6) is 0.451. The second kappa shape index (κ2) is 2.74. The van der Waals surface area contributed by atoms with Crippen molar-refractivity contribution in [1.29, 1.82) is 0 Å². The highest BCUT2D eigenvalue weighted by atomic mass is 127. The molecular formula is C6H4ClIN4. The first-order valence-electron chi connectivity index (χ1n) is 3.13. The number of aromatic nitrogens is 3. The van der Waals surface area contributed by atoms with Gasteiger partial charge in [0.2, 0.25) is 0 Å². The fraction of sp³-hybridized carbons (Fsp3) is 0. The zero-order chi connectivity index (χ0) is 8.72. The molecule has 0 atom stereocenters. The molecule has 12 heavy (non-hydrogen) atoms. The summed E-state index contributed by atoms with van der Waals surface area (Å²) in [6.45, 7) is 0. The summed E-state index contributed by atoms with van der Waals surface area (Å²) in [5.41, 5.74) is 6.31. The Morgan fingerprint density at radius 1 is 1.50 bits per heavy atom. The Hall–Kier alpha value is -0.560. The van der Waals surface area contributed by atoms with Crippen LogP contribution in [0.5, 0.6) is 0 Å². The zero-order valence-corrected chi connectivity index (χ0v) is 8.72. The molecule has 0 fully saturated rings. The fourth-order valence-electron chi connectivity index (χ4n) is 0.979. The molecule has 0 amide bonds. The fourth-order valence-corrected chi connectivity index (χ4v) is 1.83. The van der Waals surface area contributed by atoms with Crippen LogP contribution in [-0.4, -0.2) is 15.0 Å². The molecular weight excluding hydrogens is 290 g/mol. The summed E-state index contributed by atoms with van der Waals surface area (Å²) in [7, 11) is 0. The number of nitrogens with zero attached hydrogens (tertiary/aromatic N) is 2. The Labute approximate surface area is 86.7 Å². The zero-order valence-electron chi connectivity index (χ0n) is 5.81. The molecule has 0 aliphatic rings. The average Bonchev–Trinajstić information content (AvgIpc) is 2.29. The normalized spacial score (nSPS) is 10.8. The van der Waals surface area contributed by atoms with Gasteiger partial charge in [0, 0.05) is 0 Å². The van der Waals surface area contributed by atoms with Gasteiger partial charge in [0.25, 0.3) is 0 Å². The maximum Gasteiger partial charge on any atom is 0.145 e. The lowest BCUT2D eigenvalue weighted by molar-refractivity contribution is 1.21. The number of fused-ring (bicyclic) bond motifs is 1. The number of H-pyrrole nitrogens is 1. The van der Waals surface area contributed by atoms with Crippen LogP contribution < -0.4 is 5.73 Å². The highest BCUT2D eigenvalue weighted by Crippen LogP contribution is 2.28. The number of hydrogen-bond acceptors (Lipinski definition) is 3. The second-order valence-corrected chi connectivity index (χ2v) is 3.69. The maximum atomic E-state index is 5.84. The van der Waals surface area contributed by atoms with Gasteiger partial charge >= 0.3 is 0 Å². The van der Waals surface area contributed by atoms with Crippen LogP contribution in [0.15, 0.2) is 6.33 Å². The van der Waals surface area contributed by atoms with E-state index in [0.29, 0.717) is 16.6 Å². The van der Waals surface area contributed by atoms with Gasteiger partial charge in [0.1, 0.15) is 22.9 Å². The molecule has 0 aliphatic carbocycles. The van der Waals surface area contributed by atoms with Crippen molar-refractivity contribution < 1.29 is 0 Å². The van der Waals surface area contributed by atoms with Gasteiger partial charge in [-0.05, 0) is 22.6 Å². The summed E-state index contributed by atoms with van der Waals surface area (Å²) < 4.78 is 0.863. The van der Waals surface area contributed by atoms with Crippen LogP contribution in [-0.2, 0) is 0 Å². The molecule has 0 radical (unpaired) electrons. The van der Waals surface area contributed by atoms with E-state index in [1.807, 2.05) is 0 Å². The van der Waals surface area contributed by atoms with Crippen LogP contribution in [0.25, 0.3) is 11.0 Å². The van der Waals surface area contributed by atoms with Gasteiger partial charge in [-0.3, -0.25) is 0 Å². The summed E-state index contributed by atoms with van der Waals surface area (Å²) in [4.78, 5) is 10.7. The van der Waals surface area contributed by atoms with Crippen LogP contribution in [0, 0.1) is 3.57 Å². The van der Waals surface area contributed by atoms with Crippen LogP contribution in [0.1, 0.15) is 0 Å². The van der Waals surface area contributed by atoms with Crippen LogP contribution >= 0.6 is 34.2 Å². The van der Waals surface area contributed by atoms with Gasteiger partial charge in [-0.2, -0.15) is 0 Å². The van der Waals surface area contributed by atoms with Crippen molar-refractivity contribution in [3.63, 3.8) is 0 Å². The largest absolute Gasteiger partial charge is 0.383 e. The predicted octanol–water partition coefficient (Wildman–Crippen LogP) is 1.80. The third-order valence-electron chi connectivity index (χ3n) is 1.52. The molecule has 2 rings (SSSR count). The van der Waals surface area contributed by atoms with E-state index < -0.39 is 0 Å². The van der Waals surface area contributed by atoms with E-state index in [1.54, 1.807) is 0 Å². The highest BCUT2D eigenvalue weighted by Gasteiger charge is 2.10. The monoisotopic (exact) mass is 294 g/mol. The highest BCUT2D eigenvalue weighted by molar-refractivity contribution is 14.1. The molecule has 2 heterocycles. The second-order valence-electron chi connectivity index (χ2n) is 2.24. The first kappa shape index (κ1) is 8.06. The van der Waals surface area contributed by atoms with E-state index in [2.05, 4.69) is 37.5 Å². The topological polar surface area (TPSA) is 67.6 Å². The molecule has 3 N–H and O–H groups in total. The van der Waals surface area contributed by atoms with Gasteiger partial charge in [-0.1, -0.05) is 11.6 Å². The Morgan fingerprint density at radius 3 is 2.92 bits per heavy atom. The lowest BCUT2D eigenvalue weighted by atomic mass is 10.4. The van der Waals surface area contributed by atoms with Crippen molar-refractivity contribution in [3.8, 4) is 0 Å². The molecule has 2 aromatic heterocycles. The number of hydrogen-bond donors (Lipinski definition) is 2. The van der Waals surface area contributed by atoms with Crippen LogP contribution in [0.3, 0.4) is 0 Å². The summed E-state index contributed by atoms with van der Waals surface area (Å²) in [6.07, 6.45) is 1.40. The number of anilines is 1. The number of halogens is 2. The maximum absolute atomic E-state index is 5.84.